The topological polar surface area (TPSA) is 75.7 Å². The van der Waals surface area contributed by atoms with Crippen LogP contribution in [0.15, 0.2) is 51.8 Å². The molecule has 0 unspecified atom stereocenters. The molecule has 162 valence electrons. The Morgan fingerprint density at radius 1 is 1.03 bits per heavy atom. The fraction of sp³-hybridized carbons (Fsp3) is 0.409. The van der Waals surface area contributed by atoms with Gasteiger partial charge in [0.25, 0.3) is 5.91 Å². The van der Waals surface area contributed by atoms with Crippen LogP contribution in [0.3, 0.4) is 0 Å². The predicted octanol–water partition coefficient (Wildman–Crippen LogP) is 5.05. The molecule has 8 heteroatoms. The summed E-state index contributed by atoms with van der Waals surface area (Å²) in [6, 6.07) is 11.6. The minimum atomic E-state index is -3.51. The molecular weight excluding hydrogens is 468 g/mol. The zero-order valence-corrected chi connectivity index (χ0v) is 19.6. The van der Waals surface area contributed by atoms with Crippen molar-refractivity contribution in [1.82, 2.24) is 4.31 Å². The zero-order valence-electron chi connectivity index (χ0n) is 17.2. The van der Waals surface area contributed by atoms with E-state index in [4.69, 9.17) is 4.74 Å². The molecule has 2 aromatic rings. The van der Waals surface area contributed by atoms with Gasteiger partial charge in [-0.05, 0) is 69.2 Å². The molecule has 1 heterocycles. The van der Waals surface area contributed by atoms with Gasteiger partial charge in [-0.3, -0.25) is 4.79 Å². The van der Waals surface area contributed by atoms with Crippen LogP contribution >= 0.6 is 15.9 Å². The summed E-state index contributed by atoms with van der Waals surface area (Å²) in [5, 5.41) is 2.82. The number of hydrogen-bond donors (Lipinski definition) is 1. The Morgan fingerprint density at radius 3 is 2.27 bits per heavy atom. The first-order chi connectivity index (χ1) is 14.3. The molecule has 3 rings (SSSR count). The van der Waals surface area contributed by atoms with Crippen molar-refractivity contribution in [2.45, 2.75) is 50.5 Å². The minimum absolute atomic E-state index is 0.0683. The summed E-state index contributed by atoms with van der Waals surface area (Å²) < 4.78 is 33.9. The van der Waals surface area contributed by atoms with Gasteiger partial charge in [0.15, 0.2) is 0 Å². The van der Waals surface area contributed by atoms with Gasteiger partial charge in [0.05, 0.1) is 16.6 Å². The highest BCUT2D eigenvalue weighted by molar-refractivity contribution is 9.10. The van der Waals surface area contributed by atoms with E-state index in [1.165, 1.54) is 0 Å². The van der Waals surface area contributed by atoms with E-state index in [0.29, 0.717) is 30.1 Å². The lowest BCUT2D eigenvalue weighted by molar-refractivity contribution is 0.102. The number of rotatable bonds is 6. The largest absolute Gasteiger partial charge is 0.490 e. The van der Waals surface area contributed by atoms with Crippen molar-refractivity contribution in [3.8, 4) is 5.75 Å². The van der Waals surface area contributed by atoms with E-state index in [9.17, 15) is 13.2 Å². The van der Waals surface area contributed by atoms with E-state index >= 15 is 0 Å². The van der Waals surface area contributed by atoms with E-state index < -0.39 is 10.0 Å². The molecule has 6 nitrogen and oxygen atoms in total. The number of benzene rings is 2. The maximum absolute atomic E-state index is 12.9. The van der Waals surface area contributed by atoms with Gasteiger partial charge in [-0.25, -0.2) is 8.42 Å². The van der Waals surface area contributed by atoms with Gasteiger partial charge < -0.3 is 10.1 Å². The van der Waals surface area contributed by atoms with Crippen molar-refractivity contribution in [3.05, 3.63) is 52.5 Å². The SMILES string of the molecule is CC(C)Oc1ccc(Br)cc1C(=O)Nc1ccc(S(=O)(=O)N2CCCCCC2)cc1. The Labute approximate surface area is 186 Å². The van der Waals surface area contributed by atoms with Gasteiger partial charge in [-0.1, -0.05) is 28.8 Å². The van der Waals surface area contributed by atoms with E-state index in [-0.39, 0.29) is 16.9 Å². The highest BCUT2D eigenvalue weighted by Gasteiger charge is 2.25. The highest BCUT2D eigenvalue weighted by atomic mass is 79.9. The quantitative estimate of drug-likeness (QED) is 0.609. The Balaban J connectivity index is 1.76. The van der Waals surface area contributed by atoms with Crippen molar-refractivity contribution in [2.24, 2.45) is 0 Å². The molecule has 30 heavy (non-hydrogen) atoms. The first-order valence-corrected chi connectivity index (χ1v) is 12.4. The van der Waals surface area contributed by atoms with Gasteiger partial charge in [0, 0.05) is 23.2 Å². The van der Waals surface area contributed by atoms with E-state index in [2.05, 4.69) is 21.2 Å². The van der Waals surface area contributed by atoms with Crippen LogP contribution in [0, 0.1) is 0 Å². The Kier molecular flexibility index (Phi) is 7.55. The number of nitrogens with one attached hydrogen (secondary N) is 1. The second-order valence-corrected chi connectivity index (χ2v) is 10.5. The summed E-state index contributed by atoms with van der Waals surface area (Å²) in [4.78, 5) is 13.0. The Hall–Kier alpha value is -1.90. The summed E-state index contributed by atoms with van der Waals surface area (Å²) in [5.74, 6) is 0.168. The molecule has 2 aromatic carbocycles. The summed E-state index contributed by atoms with van der Waals surface area (Å²) >= 11 is 3.38. The smallest absolute Gasteiger partial charge is 0.259 e. The van der Waals surface area contributed by atoms with Crippen LogP contribution in [-0.2, 0) is 10.0 Å². The summed E-state index contributed by atoms with van der Waals surface area (Å²) in [6.07, 6.45) is 3.84. The third-order valence-electron chi connectivity index (χ3n) is 4.86. The molecule has 1 aliphatic rings. The number of halogens is 1. The van der Waals surface area contributed by atoms with Crippen LogP contribution in [0.4, 0.5) is 5.69 Å². The van der Waals surface area contributed by atoms with Crippen LogP contribution in [0.25, 0.3) is 0 Å². The lowest BCUT2D eigenvalue weighted by Crippen LogP contribution is -2.31. The molecule has 1 amide bonds. The third-order valence-corrected chi connectivity index (χ3v) is 7.27. The summed E-state index contributed by atoms with van der Waals surface area (Å²) in [7, 11) is -3.51. The van der Waals surface area contributed by atoms with Crippen molar-refractivity contribution < 1.29 is 17.9 Å². The number of carbonyl (C=O) groups is 1. The Bertz CT molecular complexity index is 983. The molecule has 1 fully saturated rings. The molecule has 0 aliphatic carbocycles. The number of ether oxygens (including phenoxy) is 1. The summed E-state index contributed by atoms with van der Waals surface area (Å²) in [6.45, 7) is 4.91. The van der Waals surface area contributed by atoms with Gasteiger partial charge >= 0.3 is 0 Å². The molecule has 0 saturated carbocycles. The average molecular weight is 495 g/mol. The molecule has 0 atom stereocenters. The predicted molar refractivity (Wildman–Crippen MR) is 122 cm³/mol. The van der Waals surface area contributed by atoms with Crippen molar-refractivity contribution in [3.63, 3.8) is 0 Å². The number of sulfonamides is 1. The van der Waals surface area contributed by atoms with Gasteiger partial charge in [-0.15, -0.1) is 0 Å². The van der Waals surface area contributed by atoms with E-state index in [1.807, 2.05) is 19.9 Å². The van der Waals surface area contributed by atoms with Crippen LogP contribution < -0.4 is 10.1 Å². The Morgan fingerprint density at radius 2 is 1.67 bits per heavy atom. The first-order valence-electron chi connectivity index (χ1n) is 10.1. The molecule has 1 aliphatic heterocycles. The van der Waals surface area contributed by atoms with Gasteiger partial charge in [-0.2, -0.15) is 4.31 Å². The lowest BCUT2D eigenvalue weighted by atomic mass is 10.1. The monoisotopic (exact) mass is 494 g/mol. The molecule has 1 saturated heterocycles. The molecular formula is C22H27BrN2O4S. The number of hydrogen-bond acceptors (Lipinski definition) is 4. The fourth-order valence-corrected chi connectivity index (χ4v) is 5.25. The second kappa shape index (κ2) is 9.94. The molecule has 0 radical (unpaired) electrons. The normalized spacial score (nSPS) is 15.6. The van der Waals surface area contributed by atoms with E-state index in [0.717, 1.165) is 30.2 Å². The number of carbonyl (C=O) groups excluding carboxylic acids is 1. The standard InChI is InChI=1S/C22H27BrN2O4S/c1-16(2)29-21-12-7-17(23)15-20(21)22(26)24-18-8-10-19(11-9-18)30(27,28)25-13-5-3-4-6-14-25/h7-12,15-16H,3-6,13-14H2,1-2H3,(H,24,26). The minimum Gasteiger partial charge on any atom is -0.490 e. The molecule has 0 spiro atoms. The third kappa shape index (κ3) is 5.62. The maximum Gasteiger partial charge on any atom is 0.259 e. The van der Waals surface area contributed by atoms with Crippen LogP contribution in [0.2, 0.25) is 0 Å². The zero-order chi connectivity index (χ0) is 21.7. The number of nitrogens with zero attached hydrogens (tertiary/aromatic N) is 1. The van der Waals surface area contributed by atoms with Crippen molar-refractivity contribution in [1.29, 1.82) is 0 Å². The average Bonchev–Trinajstić information content (AvgIpc) is 2.99. The number of amides is 1. The highest BCUT2D eigenvalue weighted by Crippen LogP contribution is 2.26. The van der Waals surface area contributed by atoms with Gasteiger partial charge in [0.1, 0.15) is 5.75 Å². The molecule has 0 bridgehead atoms. The first kappa shape index (κ1) is 22.8. The van der Waals surface area contributed by atoms with Crippen LogP contribution in [0.1, 0.15) is 49.9 Å². The fourth-order valence-electron chi connectivity index (χ4n) is 3.38. The van der Waals surface area contributed by atoms with E-state index in [1.54, 1.807) is 40.7 Å². The summed E-state index contributed by atoms with van der Waals surface area (Å²) in [5.41, 5.74) is 0.921. The van der Waals surface area contributed by atoms with Crippen molar-refractivity contribution >= 4 is 37.5 Å². The number of anilines is 1. The molecule has 0 aromatic heterocycles. The van der Waals surface area contributed by atoms with Gasteiger partial charge in [0.2, 0.25) is 10.0 Å². The van der Waals surface area contributed by atoms with Crippen LogP contribution in [-0.4, -0.2) is 37.8 Å². The van der Waals surface area contributed by atoms with Crippen molar-refractivity contribution in [2.75, 3.05) is 18.4 Å². The lowest BCUT2D eigenvalue weighted by Gasteiger charge is -2.20. The van der Waals surface area contributed by atoms with Crippen LogP contribution in [0.5, 0.6) is 5.75 Å². The molecule has 1 N–H and O–H groups in total. The maximum atomic E-state index is 12.9. The second-order valence-electron chi connectivity index (χ2n) is 7.60.